The van der Waals surface area contributed by atoms with Gasteiger partial charge >= 0.3 is 6.18 Å². The van der Waals surface area contributed by atoms with Crippen LogP contribution in [-0.4, -0.2) is 30.1 Å². The van der Waals surface area contributed by atoms with Crippen LogP contribution in [0.5, 0.6) is 11.5 Å². The van der Waals surface area contributed by atoms with Crippen molar-refractivity contribution in [3.8, 4) is 11.5 Å². The molecule has 4 aromatic carbocycles. The fourth-order valence-electron chi connectivity index (χ4n) is 5.44. The molecule has 3 N–H and O–H groups in total. The Morgan fingerprint density at radius 2 is 1.53 bits per heavy atom. The van der Waals surface area contributed by atoms with Gasteiger partial charge in [0, 0.05) is 58.0 Å². The molecule has 0 radical (unpaired) electrons. The molecule has 0 aliphatic heterocycles. The number of amides is 1. The number of carbonyl (C=O) groups excluding carboxylic acids is 1. The van der Waals surface area contributed by atoms with Gasteiger partial charge in [0.25, 0.3) is 5.91 Å². The van der Waals surface area contributed by atoms with Crippen LogP contribution in [0.15, 0.2) is 97.3 Å². The molecule has 11 heteroatoms. The van der Waals surface area contributed by atoms with Gasteiger partial charge in [0.15, 0.2) is 0 Å². The van der Waals surface area contributed by atoms with Crippen molar-refractivity contribution < 1.29 is 27.4 Å². The molecule has 2 heterocycles. The summed E-state index contributed by atoms with van der Waals surface area (Å²) in [4.78, 5) is 22.8. The monoisotopic (exact) mass is 637 g/mol. The van der Waals surface area contributed by atoms with Crippen molar-refractivity contribution in [2.45, 2.75) is 19.6 Å². The standard InChI is InChI=1S/C36H30F3N5O3/c1-21-10-13-29-27(15-17-41-34(29)43-24-7-4-6-23(18-24)36(37,38)39)32(21)44-35(45)30-9-5-8-28-26(30)14-16-40-33(28)42-20-22-11-12-25(46-2)19-31(22)47-3/h4-19H,20H2,1-3H3,(H,40,42)(H,41,43)(H,44,45). The number of alkyl halides is 3. The summed E-state index contributed by atoms with van der Waals surface area (Å²) >= 11 is 0. The second-order valence-electron chi connectivity index (χ2n) is 10.8. The highest BCUT2D eigenvalue weighted by atomic mass is 19.4. The number of rotatable bonds is 9. The van der Waals surface area contributed by atoms with Crippen molar-refractivity contribution in [2.24, 2.45) is 0 Å². The molecule has 0 spiro atoms. The van der Waals surface area contributed by atoms with Crippen LogP contribution in [0.4, 0.5) is 36.2 Å². The molecule has 0 fully saturated rings. The molecule has 2 aromatic heterocycles. The number of anilines is 4. The van der Waals surface area contributed by atoms with Gasteiger partial charge in [0.2, 0.25) is 0 Å². The van der Waals surface area contributed by atoms with E-state index in [4.69, 9.17) is 9.47 Å². The second kappa shape index (κ2) is 12.9. The predicted molar refractivity (Wildman–Crippen MR) is 178 cm³/mol. The molecular weight excluding hydrogens is 607 g/mol. The summed E-state index contributed by atoms with van der Waals surface area (Å²) in [6, 6.07) is 23.2. The van der Waals surface area contributed by atoms with E-state index in [1.54, 1.807) is 56.9 Å². The number of ether oxygens (including phenoxy) is 2. The van der Waals surface area contributed by atoms with Gasteiger partial charge in [-0.2, -0.15) is 13.2 Å². The minimum absolute atomic E-state index is 0.241. The maximum absolute atomic E-state index is 13.8. The SMILES string of the molecule is COc1ccc(CNc2nccc3c(C(=O)Nc4c(C)ccc5c(Nc6cccc(C(F)(F)F)c6)nccc45)cccc23)c(OC)c1. The summed E-state index contributed by atoms with van der Waals surface area (Å²) in [5, 5.41) is 12.2. The quantitative estimate of drug-likeness (QED) is 0.146. The minimum Gasteiger partial charge on any atom is -0.497 e. The summed E-state index contributed by atoms with van der Waals surface area (Å²) in [5.41, 5.74) is 2.20. The van der Waals surface area contributed by atoms with Crippen LogP contribution in [-0.2, 0) is 12.7 Å². The maximum atomic E-state index is 13.8. The zero-order valence-corrected chi connectivity index (χ0v) is 25.7. The van der Waals surface area contributed by atoms with Crippen LogP contribution >= 0.6 is 0 Å². The first-order valence-electron chi connectivity index (χ1n) is 14.6. The molecule has 0 aliphatic carbocycles. The van der Waals surface area contributed by atoms with E-state index in [1.807, 2.05) is 43.3 Å². The largest absolute Gasteiger partial charge is 0.497 e. The lowest BCUT2D eigenvalue weighted by Gasteiger charge is -2.16. The van der Waals surface area contributed by atoms with E-state index in [9.17, 15) is 18.0 Å². The minimum atomic E-state index is -4.48. The molecule has 0 aliphatic rings. The summed E-state index contributed by atoms with van der Waals surface area (Å²) in [6.07, 6.45) is -1.28. The third kappa shape index (κ3) is 6.46. The molecule has 0 saturated carbocycles. The number of carbonyl (C=O) groups is 1. The summed E-state index contributed by atoms with van der Waals surface area (Å²) < 4.78 is 50.7. The number of halogens is 3. The Balaban J connectivity index is 1.29. The first kappa shape index (κ1) is 31.2. The van der Waals surface area contributed by atoms with Crippen molar-refractivity contribution in [2.75, 3.05) is 30.2 Å². The topological polar surface area (TPSA) is 97.4 Å². The Morgan fingerprint density at radius 3 is 2.30 bits per heavy atom. The average molecular weight is 638 g/mol. The third-order valence-corrected chi connectivity index (χ3v) is 7.84. The number of nitrogens with zero attached hydrogens (tertiary/aromatic N) is 2. The highest BCUT2D eigenvalue weighted by molar-refractivity contribution is 6.17. The number of pyridine rings is 2. The molecule has 238 valence electrons. The molecule has 47 heavy (non-hydrogen) atoms. The average Bonchev–Trinajstić information content (AvgIpc) is 3.08. The Morgan fingerprint density at radius 1 is 0.787 bits per heavy atom. The van der Waals surface area contributed by atoms with Crippen LogP contribution in [0.2, 0.25) is 0 Å². The van der Waals surface area contributed by atoms with Crippen molar-refractivity contribution in [3.05, 3.63) is 120 Å². The van der Waals surface area contributed by atoms with E-state index < -0.39 is 11.7 Å². The molecule has 6 aromatic rings. The van der Waals surface area contributed by atoms with Gasteiger partial charge in [-0.3, -0.25) is 4.79 Å². The molecule has 0 bridgehead atoms. The Kier molecular flexibility index (Phi) is 8.53. The maximum Gasteiger partial charge on any atom is 0.416 e. The van der Waals surface area contributed by atoms with E-state index in [0.717, 1.165) is 28.6 Å². The van der Waals surface area contributed by atoms with Crippen LogP contribution in [0.1, 0.15) is 27.0 Å². The van der Waals surface area contributed by atoms with Gasteiger partial charge in [-0.1, -0.05) is 30.3 Å². The molecule has 1 amide bonds. The Bertz CT molecular complexity index is 2120. The molecule has 0 unspecified atom stereocenters. The zero-order valence-electron chi connectivity index (χ0n) is 25.7. The number of benzene rings is 4. The molecule has 8 nitrogen and oxygen atoms in total. The van der Waals surface area contributed by atoms with Gasteiger partial charge in [0.05, 0.1) is 25.5 Å². The number of hydrogen-bond donors (Lipinski definition) is 3. The van der Waals surface area contributed by atoms with Crippen LogP contribution < -0.4 is 25.4 Å². The van der Waals surface area contributed by atoms with Crippen molar-refractivity contribution in [1.82, 2.24) is 9.97 Å². The van der Waals surface area contributed by atoms with E-state index in [-0.39, 0.29) is 11.6 Å². The number of methoxy groups -OCH3 is 2. The van der Waals surface area contributed by atoms with Crippen molar-refractivity contribution in [1.29, 1.82) is 0 Å². The van der Waals surface area contributed by atoms with E-state index in [0.29, 0.717) is 57.1 Å². The van der Waals surface area contributed by atoms with Gasteiger partial charge in [-0.25, -0.2) is 9.97 Å². The Hall–Kier alpha value is -5.84. The summed E-state index contributed by atoms with van der Waals surface area (Å²) in [7, 11) is 3.19. The number of aryl methyl sites for hydroxylation is 1. The first-order chi connectivity index (χ1) is 22.7. The smallest absolute Gasteiger partial charge is 0.416 e. The lowest BCUT2D eigenvalue weighted by molar-refractivity contribution is -0.137. The van der Waals surface area contributed by atoms with Crippen LogP contribution in [0, 0.1) is 6.92 Å². The second-order valence-corrected chi connectivity index (χ2v) is 10.8. The number of aromatic nitrogens is 2. The third-order valence-electron chi connectivity index (χ3n) is 7.84. The van der Waals surface area contributed by atoms with Gasteiger partial charge in [0.1, 0.15) is 23.1 Å². The van der Waals surface area contributed by atoms with Crippen LogP contribution in [0.3, 0.4) is 0 Å². The lowest BCUT2D eigenvalue weighted by atomic mass is 10.0. The van der Waals surface area contributed by atoms with Gasteiger partial charge < -0.3 is 25.4 Å². The number of fused-ring (bicyclic) bond motifs is 2. The lowest BCUT2D eigenvalue weighted by Crippen LogP contribution is -2.14. The van der Waals surface area contributed by atoms with Crippen molar-refractivity contribution in [3.63, 3.8) is 0 Å². The van der Waals surface area contributed by atoms with E-state index in [2.05, 4.69) is 25.9 Å². The summed E-state index contributed by atoms with van der Waals surface area (Å²) in [6.45, 7) is 2.30. The fourth-order valence-corrected chi connectivity index (χ4v) is 5.44. The molecular formula is C36H30F3N5O3. The number of hydrogen-bond acceptors (Lipinski definition) is 7. The molecule has 0 atom stereocenters. The van der Waals surface area contributed by atoms with Gasteiger partial charge in [-0.15, -0.1) is 0 Å². The molecule has 0 saturated heterocycles. The van der Waals surface area contributed by atoms with Crippen LogP contribution in [0.25, 0.3) is 21.5 Å². The summed E-state index contributed by atoms with van der Waals surface area (Å²) in [5.74, 6) is 1.99. The van der Waals surface area contributed by atoms with E-state index >= 15 is 0 Å². The highest BCUT2D eigenvalue weighted by Gasteiger charge is 2.30. The highest BCUT2D eigenvalue weighted by Crippen LogP contribution is 2.35. The van der Waals surface area contributed by atoms with Gasteiger partial charge in [-0.05, 0) is 66.4 Å². The Labute approximate surface area is 268 Å². The molecule has 6 rings (SSSR count). The fraction of sp³-hybridized carbons (Fsp3) is 0.139. The number of nitrogens with one attached hydrogen (secondary N) is 3. The van der Waals surface area contributed by atoms with E-state index in [1.165, 1.54) is 6.07 Å². The first-order valence-corrected chi connectivity index (χ1v) is 14.6. The normalized spacial score (nSPS) is 11.4. The zero-order chi connectivity index (χ0) is 33.1. The van der Waals surface area contributed by atoms with Crippen molar-refractivity contribution >= 4 is 50.5 Å². The predicted octanol–water partition coefficient (Wildman–Crippen LogP) is 8.74.